The molecule has 2 aliphatic rings. The van der Waals surface area contributed by atoms with Crippen LogP contribution in [0.25, 0.3) is 0 Å². The molecule has 0 aromatic carbocycles. The summed E-state index contributed by atoms with van der Waals surface area (Å²) in [5.41, 5.74) is 0. The first kappa shape index (κ1) is 10.4. The van der Waals surface area contributed by atoms with Crippen molar-refractivity contribution in [1.29, 1.82) is 0 Å². The molecule has 82 valence electrons. The van der Waals surface area contributed by atoms with Gasteiger partial charge in [-0.2, -0.15) is 0 Å². The van der Waals surface area contributed by atoms with Crippen LogP contribution in [-0.4, -0.2) is 24.8 Å². The topological polar surface area (TPSA) is 21.3 Å². The van der Waals surface area contributed by atoms with Gasteiger partial charge in [0.2, 0.25) is 0 Å². The summed E-state index contributed by atoms with van der Waals surface area (Å²) >= 11 is 0. The Labute approximate surface area is 87.4 Å². The van der Waals surface area contributed by atoms with E-state index in [4.69, 9.17) is 4.74 Å². The fourth-order valence-electron chi connectivity index (χ4n) is 2.60. The molecule has 0 amide bonds. The zero-order valence-electron chi connectivity index (χ0n) is 9.46. The summed E-state index contributed by atoms with van der Waals surface area (Å²) < 4.78 is 5.55. The molecule has 2 fully saturated rings. The van der Waals surface area contributed by atoms with E-state index in [1.165, 1.54) is 32.1 Å². The molecule has 0 aromatic rings. The van der Waals surface area contributed by atoms with Crippen LogP contribution in [0.15, 0.2) is 0 Å². The van der Waals surface area contributed by atoms with Crippen molar-refractivity contribution in [2.45, 2.75) is 64.1 Å². The van der Waals surface area contributed by atoms with Crippen LogP contribution < -0.4 is 5.32 Å². The van der Waals surface area contributed by atoms with Crippen LogP contribution in [-0.2, 0) is 4.74 Å². The first-order valence-electron chi connectivity index (χ1n) is 6.13. The van der Waals surface area contributed by atoms with Crippen LogP contribution >= 0.6 is 0 Å². The second kappa shape index (κ2) is 4.63. The minimum Gasteiger partial charge on any atom is -0.378 e. The quantitative estimate of drug-likeness (QED) is 0.750. The third kappa shape index (κ3) is 2.48. The van der Waals surface area contributed by atoms with E-state index in [9.17, 15) is 0 Å². The van der Waals surface area contributed by atoms with Gasteiger partial charge >= 0.3 is 0 Å². The van der Waals surface area contributed by atoms with Crippen LogP contribution in [0.1, 0.15) is 46.0 Å². The van der Waals surface area contributed by atoms with Crippen LogP contribution in [0.2, 0.25) is 0 Å². The van der Waals surface area contributed by atoms with Gasteiger partial charge in [-0.05, 0) is 45.4 Å². The summed E-state index contributed by atoms with van der Waals surface area (Å²) in [6.45, 7) is 5.47. The molecule has 1 N–H and O–H groups in total. The highest BCUT2D eigenvalue weighted by atomic mass is 16.5. The van der Waals surface area contributed by atoms with Crippen LogP contribution in [0.3, 0.4) is 0 Å². The van der Waals surface area contributed by atoms with E-state index in [-0.39, 0.29) is 0 Å². The van der Waals surface area contributed by atoms with Crippen molar-refractivity contribution in [3.63, 3.8) is 0 Å². The lowest BCUT2D eigenvalue weighted by atomic mass is 9.80. The van der Waals surface area contributed by atoms with Gasteiger partial charge in [0.05, 0.1) is 6.10 Å². The first-order valence-corrected chi connectivity index (χ1v) is 6.13. The van der Waals surface area contributed by atoms with Gasteiger partial charge in [0.25, 0.3) is 0 Å². The van der Waals surface area contributed by atoms with Crippen molar-refractivity contribution >= 4 is 0 Å². The highest BCUT2D eigenvalue weighted by Gasteiger charge is 2.27. The molecule has 0 spiro atoms. The molecular formula is C12H23NO. The molecule has 14 heavy (non-hydrogen) atoms. The van der Waals surface area contributed by atoms with Gasteiger partial charge < -0.3 is 10.1 Å². The van der Waals surface area contributed by atoms with Crippen LogP contribution in [0.4, 0.5) is 0 Å². The Morgan fingerprint density at radius 1 is 1.29 bits per heavy atom. The molecule has 3 atom stereocenters. The lowest BCUT2D eigenvalue weighted by Crippen LogP contribution is -2.46. The fraction of sp³-hybridized carbons (Fsp3) is 1.00. The molecule has 0 aromatic heterocycles. The highest BCUT2D eigenvalue weighted by molar-refractivity contribution is 4.84. The summed E-state index contributed by atoms with van der Waals surface area (Å²) in [6, 6.07) is 1.42. The lowest BCUT2D eigenvalue weighted by Gasteiger charge is -2.37. The molecule has 1 aliphatic carbocycles. The van der Waals surface area contributed by atoms with Gasteiger partial charge in [-0.1, -0.05) is 6.42 Å². The number of nitrogens with one attached hydrogen (secondary N) is 1. The van der Waals surface area contributed by atoms with Gasteiger partial charge in [-0.15, -0.1) is 0 Å². The molecular weight excluding hydrogens is 174 g/mol. The maximum atomic E-state index is 5.55. The maximum absolute atomic E-state index is 5.55. The number of hydrogen-bond acceptors (Lipinski definition) is 2. The third-order valence-corrected chi connectivity index (χ3v) is 3.84. The van der Waals surface area contributed by atoms with Gasteiger partial charge in [-0.3, -0.25) is 0 Å². The second-order valence-corrected chi connectivity index (χ2v) is 5.05. The van der Waals surface area contributed by atoms with Gasteiger partial charge in [0, 0.05) is 18.7 Å². The average molecular weight is 197 g/mol. The largest absolute Gasteiger partial charge is 0.378 e. The van der Waals surface area contributed by atoms with Crippen molar-refractivity contribution in [2.75, 3.05) is 6.61 Å². The molecule has 0 radical (unpaired) electrons. The Hall–Kier alpha value is -0.0800. The normalized spacial score (nSPS) is 36.4. The van der Waals surface area contributed by atoms with Gasteiger partial charge in [-0.25, -0.2) is 0 Å². The van der Waals surface area contributed by atoms with Crippen molar-refractivity contribution in [3.05, 3.63) is 0 Å². The van der Waals surface area contributed by atoms with Crippen molar-refractivity contribution in [1.82, 2.24) is 5.32 Å². The van der Waals surface area contributed by atoms with Gasteiger partial charge in [0.15, 0.2) is 0 Å². The number of hydrogen-bond donors (Lipinski definition) is 1. The summed E-state index contributed by atoms with van der Waals surface area (Å²) in [7, 11) is 0. The second-order valence-electron chi connectivity index (χ2n) is 5.05. The Balaban J connectivity index is 1.72. The van der Waals surface area contributed by atoms with Crippen molar-refractivity contribution in [3.8, 4) is 0 Å². The number of ether oxygens (including phenoxy) is 1. The maximum Gasteiger partial charge on any atom is 0.0561 e. The Kier molecular flexibility index (Phi) is 3.45. The first-order chi connectivity index (χ1) is 6.75. The van der Waals surface area contributed by atoms with E-state index in [1.54, 1.807) is 0 Å². The summed E-state index contributed by atoms with van der Waals surface area (Å²) in [4.78, 5) is 0. The molecule has 1 heterocycles. The van der Waals surface area contributed by atoms with E-state index >= 15 is 0 Å². The molecule has 2 heteroatoms. The molecule has 2 nitrogen and oxygen atoms in total. The van der Waals surface area contributed by atoms with E-state index in [2.05, 4.69) is 19.2 Å². The molecule has 2 rings (SSSR count). The van der Waals surface area contributed by atoms with E-state index in [0.717, 1.165) is 18.6 Å². The smallest absolute Gasteiger partial charge is 0.0561 e. The fourth-order valence-corrected chi connectivity index (χ4v) is 2.60. The summed E-state index contributed by atoms with van der Waals surface area (Å²) in [5, 5.41) is 3.77. The SMILES string of the molecule is CC1CC(NC(C)C2CCC2)CCO1. The van der Waals surface area contributed by atoms with Gasteiger partial charge in [0.1, 0.15) is 0 Å². The highest BCUT2D eigenvalue weighted by Crippen LogP contribution is 2.30. The Morgan fingerprint density at radius 2 is 2.07 bits per heavy atom. The molecule has 1 saturated carbocycles. The zero-order chi connectivity index (χ0) is 9.97. The number of rotatable bonds is 3. The monoisotopic (exact) mass is 197 g/mol. The standard InChI is InChI=1S/C12H23NO/c1-9-8-12(6-7-14-9)13-10(2)11-4-3-5-11/h9-13H,3-8H2,1-2H3. The predicted octanol–water partition coefficient (Wildman–Crippen LogP) is 2.33. The Bertz CT molecular complexity index is 179. The average Bonchev–Trinajstić information content (AvgIpc) is 1.99. The molecule has 3 unspecified atom stereocenters. The predicted molar refractivity (Wildman–Crippen MR) is 58.4 cm³/mol. The van der Waals surface area contributed by atoms with Crippen LogP contribution in [0, 0.1) is 5.92 Å². The van der Waals surface area contributed by atoms with E-state index in [0.29, 0.717) is 12.1 Å². The van der Waals surface area contributed by atoms with Crippen LogP contribution in [0.5, 0.6) is 0 Å². The minimum atomic E-state index is 0.454. The Morgan fingerprint density at radius 3 is 2.64 bits per heavy atom. The molecule has 1 aliphatic heterocycles. The third-order valence-electron chi connectivity index (χ3n) is 3.84. The van der Waals surface area contributed by atoms with Crippen molar-refractivity contribution in [2.24, 2.45) is 5.92 Å². The van der Waals surface area contributed by atoms with Crippen molar-refractivity contribution < 1.29 is 4.74 Å². The summed E-state index contributed by atoms with van der Waals surface area (Å²) in [5.74, 6) is 0.952. The van der Waals surface area contributed by atoms with E-state index < -0.39 is 0 Å². The molecule has 0 bridgehead atoms. The summed E-state index contributed by atoms with van der Waals surface area (Å²) in [6.07, 6.45) is 7.16. The zero-order valence-corrected chi connectivity index (χ0v) is 9.46. The molecule has 1 saturated heterocycles. The minimum absolute atomic E-state index is 0.454. The lowest BCUT2D eigenvalue weighted by molar-refractivity contribution is 0.00895. The van der Waals surface area contributed by atoms with E-state index in [1.807, 2.05) is 0 Å².